The molecule has 0 aliphatic carbocycles. The smallest absolute Gasteiger partial charge is 0.323 e. The first kappa shape index (κ1) is 15.9. The minimum atomic E-state index is -1.34. The van der Waals surface area contributed by atoms with Gasteiger partial charge in [0, 0.05) is 0 Å². The minimum absolute atomic E-state index is 0.0182. The van der Waals surface area contributed by atoms with E-state index < -0.39 is 30.1 Å². The van der Waals surface area contributed by atoms with Crippen LogP contribution in [0.15, 0.2) is 0 Å². The highest BCUT2D eigenvalue weighted by molar-refractivity contribution is 5.95. The molecule has 1 rings (SSSR count). The van der Waals surface area contributed by atoms with Gasteiger partial charge in [0.25, 0.3) is 0 Å². The summed E-state index contributed by atoms with van der Waals surface area (Å²) >= 11 is 0. The molecule has 0 aromatic heterocycles. The lowest BCUT2D eigenvalue weighted by molar-refractivity contribution is -0.172. The van der Waals surface area contributed by atoms with E-state index in [1.807, 2.05) is 6.92 Å². The molecule has 0 bridgehead atoms. The minimum Gasteiger partial charge on any atom is -0.465 e. The zero-order chi connectivity index (χ0) is 14.4. The zero-order valence-electron chi connectivity index (χ0n) is 11.6. The zero-order valence-corrected chi connectivity index (χ0v) is 11.6. The van der Waals surface area contributed by atoms with Gasteiger partial charge in [0.15, 0.2) is 5.92 Å². The van der Waals surface area contributed by atoms with Crippen molar-refractivity contribution in [1.82, 2.24) is 0 Å². The second-order valence-corrected chi connectivity index (χ2v) is 4.53. The second-order valence-electron chi connectivity index (χ2n) is 4.53. The summed E-state index contributed by atoms with van der Waals surface area (Å²) in [4.78, 5) is 23.6. The SMILES string of the molecule is CCOC(=O)C(C(=O)OCC)C(O)C1CCC(C)O1. The molecule has 0 spiro atoms. The first-order chi connectivity index (χ1) is 9.01. The molecule has 1 saturated heterocycles. The van der Waals surface area contributed by atoms with Crippen LogP contribution in [0, 0.1) is 5.92 Å². The van der Waals surface area contributed by atoms with E-state index in [0.717, 1.165) is 6.42 Å². The van der Waals surface area contributed by atoms with Gasteiger partial charge in [-0.25, -0.2) is 0 Å². The Labute approximate surface area is 113 Å². The number of ether oxygens (including phenoxy) is 3. The number of hydrogen-bond donors (Lipinski definition) is 1. The van der Waals surface area contributed by atoms with Crippen molar-refractivity contribution in [2.24, 2.45) is 5.92 Å². The first-order valence-corrected chi connectivity index (χ1v) is 6.68. The van der Waals surface area contributed by atoms with Crippen LogP contribution in [0.25, 0.3) is 0 Å². The van der Waals surface area contributed by atoms with Gasteiger partial charge in [0.1, 0.15) is 6.10 Å². The van der Waals surface area contributed by atoms with Crippen molar-refractivity contribution in [1.29, 1.82) is 0 Å². The molecular weight excluding hydrogens is 252 g/mol. The van der Waals surface area contributed by atoms with Gasteiger partial charge in [0.2, 0.25) is 0 Å². The molecule has 0 aromatic rings. The quantitative estimate of drug-likeness (QED) is 0.566. The van der Waals surface area contributed by atoms with E-state index in [0.29, 0.717) is 6.42 Å². The maximum absolute atomic E-state index is 11.8. The summed E-state index contributed by atoms with van der Waals surface area (Å²) in [6.45, 7) is 5.45. The van der Waals surface area contributed by atoms with Crippen molar-refractivity contribution in [3.63, 3.8) is 0 Å². The van der Waals surface area contributed by atoms with Crippen LogP contribution in [0.4, 0.5) is 0 Å². The number of esters is 2. The standard InChI is InChI=1S/C13H22O6/c1-4-17-12(15)10(13(16)18-5-2)11(14)9-7-6-8(3)19-9/h8-11,14H,4-7H2,1-3H3. The van der Waals surface area contributed by atoms with Gasteiger partial charge in [-0.2, -0.15) is 0 Å². The molecule has 19 heavy (non-hydrogen) atoms. The van der Waals surface area contributed by atoms with Crippen molar-refractivity contribution in [2.75, 3.05) is 13.2 Å². The Kier molecular flexibility index (Phi) is 6.24. The Hall–Kier alpha value is -1.14. The highest BCUT2D eigenvalue weighted by Crippen LogP contribution is 2.26. The fraction of sp³-hybridized carbons (Fsp3) is 0.846. The summed E-state index contributed by atoms with van der Waals surface area (Å²) in [5, 5.41) is 10.2. The summed E-state index contributed by atoms with van der Waals surface area (Å²) in [6.07, 6.45) is -0.348. The lowest BCUT2D eigenvalue weighted by atomic mass is 9.96. The molecule has 3 atom stereocenters. The van der Waals surface area contributed by atoms with E-state index in [9.17, 15) is 14.7 Å². The fourth-order valence-electron chi connectivity index (χ4n) is 2.14. The number of carbonyl (C=O) groups excluding carboxylic acids is 2. The third-order valence-corrected chi connectivity index (χ3v) is 3.07. The summed E-state index contributed by atoms with van der Waals surface area (Å²) in [6, 6.07) is 0. The number of rotatable bonds is 6. The molecule has 3 unspecified atom stereocenters. The average molecular weight is 274 g/mol. The molecular formula is C13H22O6. The molecule has 0 amide bonds. The molecule has 6 nitrogen and oxygen atoms in total. The highest BCUT2D eigenvalue weighted by atomic mass is 16.6. The van der Waals surface area contributed by atoms with Gasteiger partial charge in [-0.05, 0) is 33.6 Å². The Morgan fingerprint density at radius 2 is 1.74 bits per heavy atom. The van der Waals surface area contributed by atoms with Crippen LogP contribution in [0.3, 0.4) is 0 Å². The Morgan fingerprint density at radius 1 is 1.21 bits per heavy atom. The maximum Gasteiger partial charge on any atom is 0.323 e. The third-order valence-electron chi connectivity index (χ3n) is 3.07. The summed E-state index contributed by atoms with van der Waals surface area (Å²) in [5.41, 5.74) is 0. The number of hydrogen-bond acceptors (Lipinski definition) is 6. The van der Waals surface area contributed by atoms with E-state index in [1.54, 1.807) is 13.8 Å². The molecule has 1 heterocycles. The van der Waals surface area contributed by atoms with E-state index in [4.69, 9.17) is 14.2 Å². The van der Waals surface area contributed by atoms with E-state index in [2.05, 4.69) is 0 Å². The van der Waals surface area contributed by atoms with Crippen molar-refractivity contribution in [3.05, 3.63) is 0 Å². The largest absolute Gasteiger partial charge is 0.465 e. The molecule has 1 aliphatic heterocycles. The lowest BCUT2D eigenvalue weighted by Crippen LogP contribution is -2.44. The molecule has 6 heteroatoms. The van der Waals surface area contributed by atoms with Gasteiger partial charge >= 0.3 is 11.9 Å². The van der Waals surface area contributed by atoms with Crippen molar-refractivity contribution >= 4 is 11.9 Å². The second kappa shape index (κ2) is 7.45. The Morgan fingerprint density at radius 3 is 2.11 bits per heavy atom. The van der Waals surface area contributed by atoms with Crippen LogP contribution >= 0.6 is 0 Å². The topological polar surface area (TPSA) is 82.1 Å². The van der Waals surface area contributed by atoms with Gasteiger partial charge in [-0.3, -0.25) is 9.59 Å². The Bertz CT molecular complexity index is 298. The third kappa shape index (κ3) is 4.18. The van der Waals surface area contributed by atoms with Crippen molar-refractivity contribution in [3.8, 4) is 0 Å². The summed E-state index contributed by atoms with van der Waals surface area (Å²) < 4.78 is 15.1. The molecule has 0 aromatic carbocycles. The lowest BCUT2D eigenvalue weighted by Gasteiger charge is -2.24. The summed E-state index contributed by atoms with van der Waals surface area (Å²) in [5.74, 6) is -2.87. The van der Waals surface area contributed by atoms with Gasteiger partial charge in [0.05, 0.1) is 25.4 Å². The van der Waals surface area contributed by atoms with Gasteiger partial charge < -0.3 is 19.3 Å². The maximum atomic E-state index is 11.8. The number of aliphatic hydroxyl groups excluding tert-OH is 1. The normalized spacial score (nSPS) is 24.3. The van der Waals surface area contributed by atoms with Crippen molar-refractivity contribution in [2.45, 2.75) is 51.9 Å². The van der Waals surface area contributed by atoms with Crippen LogP contribution in [-0.2, 0) is 23.8 Å². The van der Waals surface area contributed by atoms with Crippen molar-refractivity contribution < 1.29 is 28.9 Å². The molecule has 0 saturated carbocycles. The van der Waals surface area contributed by atoms with E-state index in [1.165, 1.54) is 0 Å². The van der Waals surface area contributed by atoms with Crippen LogP contribution < -0.4 is 0 Å². The van der Waals surface area contributed by atoms with Gasteiger partial charge in [-0.15, -0.1) is 0 Å². The molecule has 110 valence electrons. The number of aliphatic hydroxyl groups is 1. The monoisotopic (exact) mass is 274 g/mol. The average Bonchev–Trinajstić information content (AvgIpc) is 2.76. The first-order valence-electron chi connectivity index (χ1n) is 6.68. The van der Waals surface area contributed by atoms with Crippen LogP contribution in [0.1, 0.15) is 33.6 Å². The molecule has 1 aliphatic rings. The summed E-state index contributed by atoms with van der Waals surface area (Å²) in [7, 11) is 0. The molecule has 1 N–H and O–H groups in total. The van der Waals surface area contributed by atoms with Crippen LogP contribution in [0.5, 0.6) is 0 Å². The fourth-order valence-corrected chi connectivity index (χ4v) is 2.14. The van der Waals surface area contributed by atoms with E-state index >= 15 is 0 Å². The molecule has 1 fully saturated rings. The molecule has 0 radical (unpaired) electrons. The number of carbonyl (C=O) groups is 2. The highest BCUT2D eigenvalue weighted by Gasteiger charge is 2.43. The predicted molar refractivity (Wildman–Crippen MR) is 66.3 cm³/mol. The van der Waals surface area contributed by atoms with Gasteiger partial charge in [-0.1, -0.05) is 0 Å². The predicted octanol–water partition coefficient (Wildman–Crippen LogP) is 0.657. The van der Waals surface area contributed by atoms with E-state index in [-0.39, 0.29) is 19.3 Å². The van der Waals surface area contributed by atoms with Crippen LogP contribution in [0.2, 0.25) is 0 Å². The van der Waals surface area contributed by atoms with Crippen LogP contribution in [-0.4, -0.2) is 48.6 Å². The Balaban J connectivity index is 2.76.